The van der Waals surface area contributed by atoms with Crippen LogP contribution in [-0.2, 0) is 14.1 Å². The summed E-state index contributed by atoms with van der Waals surface area (Å²) in [5.74, 6) is 0.968. The van der Waals surface area contributed by atoms with Crippen molar-refractivity contribution in [3.63, 3.8) is 0 Å². The van der Waals surface area contributed by atoms with E-state index in [-0.39, 0.29) is 0 Å². The first-order valence-electron chi connectivity index (χ1n) is 37.4. The molecule has 13 aromatic rings. The monoisotopic (exact) mass is 1520 g/mol. The van der Waals surface area contributed by atoms with Crippen LogP contribution in [0.15, 0.2) is 221 Å². The van der Waals surface area contributed by atoms with Gasteiger partial charge in [-0.15, -0.1) is 11.3 Å². The number of rotatable bonds is 0. The summed E-state index contributed by atoms with van der Waals surface area (Å²) in [7, 11) is 3.89. The third-order valence-corrected chi connectivity index (χ3v) is 11.5. The predicted molar refractivity (Wildman–Crippen MR) is 476 cm³/mol. The van der Waals surface area contributed by atoms with Crippen molar-refractivity contribution in [1.82, 2.24) is 63.7 Å². The Balaban J connectivity index is -0.0000000764. The highest BCUT2D eigenvalue weighted by atomic mass is 32.1. The normalized spacial score (nSPS) is 7.38. The molecule has 0 spiro atoms. The molecule has 0 aliphatic heterocycles. The Morgan fingerprint density at radius 2 is 0.952 bits per heavy atom. The molecule has 13 aromatic heterocycles. The third-order valence-electron chi connectivity index (χ3n) is 8.59. The standard InChI is InChI=1S/3C5H7N.2C5H6O.2C5H6S.4C4H6N2.2C4H5NS.13C2H6/c1-5-2-3-6-4-5;1-6-4-2-3-5-6;1-5-3-2-4-6-5;1-5-2-3-6-4-5;1-5-3-2-4-6-5;1-5-2-3-6-4-5;1-5-3-2-4-6-5;1-4-2-5-6-3-4;1-6-4-2-3-5-6;2*1-4-2-3-5-6-4;1-4-2-5-6-3-4;1-4-2-3-5-6-4;13*1-2/h2-4,6H,1H3;2-5H,1H3;2-4,6H,1H3;4*2-4H,1H3;2-3H,1H3,(H,5,6);2-4H,1H3;2*2-3H,1H3,(H,5,6);2*2-3H,1H3;13*1-2H3. The predicted octanol–water partition coefficient (Wildman–Crippen LogP) is 29.8. The zero-order valence-corrected chi connectivity index (χ0v) is 76.5. The Morgan fingerprint density at radius 3 is 1.07 bits per heavy atom. The van der Waals surface area contributed by atoms with Crippen LogP contribution in [0.5, 0.6) is 0 Å². The second-order valence-electron chi connectivity index (χ2n) is 16.4. The second kappa shape index (κ2) is 122. The molecular weight excluding hydrogens is 1360 g/mol. The van der Waals surface area contributed by atoms with Gasteiger partial charge in [-0.1, -0.05) is 186 Å². The molecule has 0 aromatic carbocycles. The lowest BCUT2D eigenvalue weighted by Gasteiger charge is -1.79. The van der Waals surface area contributed by atoms with Crippen LogP contribution in [0, 0.1) is 76.2 Å². The molecule has 15 nitrogen and oxygen atoms in total. The van der Waals surface area contributed by atoms with E-state index >= 15 is 0 Å². The molecule has 0 saturated carbocycles. The number of aryl methyl sites for hydroxylation is 13. The molecule has 0 bridgehead atoms. The van der Waals surface area contributed by atoms with E-state index in [4.69, 9.17) is 8.83 Å². The van der Waals surface area contributed by atoms with Crippen LogP contribution >= 0.6 is 45.7 Å². The van der Waals surface area contributed by atoms with Crippen LogP contribution in [0.25, 0.3) is 0 Å². The van der Waals surface area contributed by atoms with Gasteiger partial charge in [0.25, 0.3) is 0 Å². The maximum absolute atomic E-state index is 4.83. The number of nitrogens with zero attached hydrogens (tertiary/aromatic N) is 8. The summed E-state index contributed by atoms with van der Waals surface area (Å²) < 4.78 is 21.0. The zero-order valence-electron chi connectivity index (χ0n) is 73.2. The minimum Gasteiger partial charge on any atom is -0.472 e. The summed E-state index contributed by atoms with van der Waals surface area (Å²) in [5, 5.41) is 31.4. The molecule has 13 rings (SSSR count). The number of hydrogen-bond acceptors (Lipinski definition) is 12. The summed E-state index contributed by atoms with van der Waals surface area (Å²) in [5.41, 5.74) is 9.68. The highest BCUT2D eigenvalue weighted by Crippen LogP contribution is 2.04. The summed E-state index contributed by atoms with van der Waals surface area (Å²) in [4.78, 5) is 8.59. The molecule has 0 radical (unpaired) electrons. The summed E-state index contributed by atoms with van der Waals surface area (Å²) in [6, 6.07) is 29.7. The number of H-pyrrole nitrogens is 5. The van der Waals surface area contributed by atoms with Crippen LogP contribution in [-0.4, -0.2) is 63.7 Å². The Morgan fingerprint density at radius 1 is 0.394 bits per heavy atom. The lowest BCUT2D eigenvalue weighted by Crippen LogP contribution is -1.83. The van der Waals surface area contributed by atoms with Gasteiger partial charge in [0.1, 0.15) is 5.76 Å². The average molecular weight is 1520 g/mol. The van der Waals surface area contributed by atoms with Crippen molar-refractivity contribution in [2.24, 2.45) is 14.1 Å². The lowest BCUT2D eigenvalue weighted by atomic mass is 10.4. The molecule has 0 saturated heterocycles. The van der Waals surface area contributed by atoms with Crippen LogP contribution in [0.4, 0.5) is 0 Å². The van der Waals surface area contributed by atoms with Gasteiger partial charge in [-0.05, 0) is 228 Å². The van der Waals surface area contributed by atoms with E-state index < -0.39 is 0 Å². The number of nitrogens with one attached hydrogen (secondary N) is 5. The number of hydrogen-bond donors (Lipinski definition) is 5. The molecule has 598 valence electrons. The van der Waals surface area contributed by atoms with E-state index in [9.17, 15) is 0 Å². The molecule has 0 atom stereocenters. The summed E-state index contributed by atoms with van der Waals surface area (Å²) in [6.07, 6.45) is 29.2. The van der Waals surface area contributed by atoms with E-state index in [1.807, 2.05) is 382 Å². The van der Waals surface area contributed by atoms with Gasteiger partial charge in [-0.3, -0.25) is 20.0 Å². The zero-order chi connectivity index (χ0) is 83.3. The molecule has 5 N–H and O–H groups in total. The fraction of sp³-hybridized carbons (Fsp3) is 0.459. The van der Waals surface area contributed by atoms with Crippen LogP contribution in [0.2, 0.25) is 0 Å². The quantitative estimate of drug-likeness (QED) is 0.0990. The SMILES string of the molecule is CC.CC.CC.CC.CC.CC.CC.CC.CC.CC.CC.CC.CC.Cc1cc[nH]c1.Cc1ccc[nH]1.Cc1ccco1.Cc1cccs1.Cc1ccn[nH]1.Cc1ccn[nH]1.Cc1ccns1.Cc1ccoc1.Cc1ccsc1.Cc1cn[nH]c1.Cc1cnsc1.Cn1cccc1.Cn1cccn1. The largest absolute Gasteiger partial charge is 0.472 e. The number of aromatic amines is 5. The van der Waals surface area contributed by atoms with Gasteiger partial charge in [0.2, 0.25) is 0 Å². The van der Waals surface area contributed by atoms with Crippen molar-refractivity contribution >= 4 is 45.7 Å². The van der Waals surface area contributed by atoms with E-state index in [2.05, 4.69) is 110 Å². The second-order valence-corrected chi connectivity index (χ2v) is 20.0. The summed E-state index contributed by atoms with van der Waals surface area (Å²) in [6.45, 7) is 74.2. The molecule has 0 amide bonds. The molecule has 104 heavy (non-hydrogen) atoms. The van der Waals surface area contributed by atoms with Crippen LogP contribution in [0.3, 0.4) is 0 Å². The molecule has 13 heterocycles. The topological polar surface area (TPSA) is 192 Å². The van der Waals surface area contributed by atoms with Gasteiger partial charge < -0.3 is 23.4 Å². The van der Waals surface area contributed by atoms with E-state index in [1.165, 1.54) is 66.3 Å². The Kier molecular flexibility index (Phi) is 147. The van der Waals surface area contributed by atoms with E-state index in [0.29, 0.717) is 0 Å². The lowest BCUT2D eigenvalue weighted by molar-refractivity contribution is 0.534. The highest BCUT2D eigenvalue weighted by molar-refractivity contribution is 7.09. The van der Waals surface area contributed by atoms with Crippen molar-refractivity contribution in [1.29, 1.82) is 0 Å². The Labute approximate surface area is 656 Å². The van der Waals surface area contributed by atoms with Gasteiger partial charge in [-0.2, -0.15) is 31.7 Å². The maximum atomic E-state index is 4.83. The first-order valence-corrected chi connectivity index (χ1v) is 40.8. The van der Waals surface area contributed by atoms with Gasteiger partial charge in [0.05, 0.1) is 25.0 Å². The number of furan rings is 2. The van der Waals surface area contributed by atoms with Crippen LogP contribution < -0.4 is 0 Å². The Hall–Kier alpha value is -8.10. The molecule has 0 aliphatic carbocycles. The first kappa shape index (κ1) is 126. The smallest absolute Gasteiger partial charge is 0.100 e. The van der Waals surface area contributed by atoms with Crippen LogP contribution in [0.1, 0.15) is 240 Å². The van der Waals surface area contributed by atoms with Crippen molar-refractivity contribution in [2.75, 3.05) is 0 Å². The molecular formula is C85H157N13O2S4. The first-order chi connectivity index (χ1) is 50.6. The van der Waals surface area contributed by atoms with Gasteiger partial charge in [0, 0.05) is 121 Å². The third kappa shape index (κ3) is 118. The summed E-state index contributed by atoms with van der Waals surface area (Å²) >= 11 is 6.53. The van der Waals surface area contributed by atoms with Crippen molar-refractivity contribution < 1.29 is 8.83 Å². The highest BCUT2D eigenvalue weighted by Gasteiger charge is 1.81. The maximum Gasteiger partial charge on any atom is 0.100 e. The van der Waals surface area contributed by atoms with Gasteiger partial charge >= 0.3 is 0 Å². The molecule has 19 heteroatoms. The van der Waals surface area contributed by atoms with Crippen molar-refractivity contribution in [2.45, 2.75) is 256 Å². The minimum absolute atomic E-state index is 0.968. The Bertz CT molecular complexity index is 2220. The fourth-order valence-electron chi connectivity index (χ4n) is 4.48. The minimum atomic E-state index is 0.968. The van der Waals surface area contributed by atoms with Crippen molar-refractivity contribution in [3.8, 4) is 0 Å². The van der Waals surface area contributed by atoms with Crippen molar-refractivity contribution in [3.05, 3.63) is 272 Å². The molecule has 0 fully saturated rings. The van der Waals surface area contributed by atoms with E-state index in [1.54, 1.807) is 77.1 Å². The fourth-order valence-corrected chi connectivity index (χ4v) is 6.60. The number of thiophene rings is 2. The molecule has 0 aliphatic rings. The number of aromatic nitrogens is 13. The molecule has 0 unspecified atom stereocenters. The van der Waals surface area contributed by atoms with Gasteiger partial charge in [0.15, 0.2) is 0 Å². The van der Waals surface area contributed by atoms with Gasteiger partial charge in [-0.25, -0.2) is 8.75 Å². The average Bonchev–Trinajstić information content (AvgIpc) is 4.52. The van der Waals surface area contributed by atoms with E-state index in [0.717, 1.165) is 17.1 Å².